The molecule has 0 N–H and O–H groups in total. The molecule has 2 aliphatic heterocycles. The second-order valence-corrected chi connectivity index (χ2v) is 9.08. The minimum absolute atomic E-state index is 0.0799. The average Bonchev–Trinajstić information content (AvgIpc) is 2.80. The first-order valence-electron chi connectivity index (χ1n) is 9.77. The second-order valence-electron chi connectivity index (χ2n) is 7.14. The van der Waals surface area contributed by atoms with E-state index >= 15 is 0 Å². The summed E-state index contributed by atoms with van der Waals surface area (Å²) < 4.78 is 32.1. The Balaban J connectivity index is 1.44. The molecule has 0 bridgehead atoms. The summed E-state index contributed by atoms with van der Waals surface area (Å²) in [6.07, 6.45) is 2.90. The van der Waals surface area contributed by atoms with Crippen LogP contribution in [0, 0.1) is 0 Å². The molecule has 1 saturated heterocycles. The van der Waals surface area contributed by atoms with Crippen LogP contribution in [0.5, 0.6) is 0 Å². The zero-order valence-corrected chi connectivity index (χ0v) is 17.0. The predicted molar refractivity (Wildman–Crippen MR) is 111 cm³/mol. The van der Waals surface area contributed by atoms with Crippen molar-refractivity contribution in [1.29, 1.82) is 0 Å². The summed E-state index contributed by atoms with van der Waals surface area (Å²) >= 11 is 0. The van der Waals surface area contributed by atoms with E-state index in [9.17, 15) is 13.2 Å². The van der Waals surface area contributed by atoms with Crippen LogP contribution in [0.3, 0.4) is 0 Å². The quantitative estimate of drug-likeness (QED) is 0.774. The third-order valence-electron chi connectivity index (χ3n) is 5.35. The first-order valence-corrected chi connectivity index (χ1v) is 11.2. The molecule has 0 radical (unpaired) electrons. The predicted octanol–water partition coefficient (Wildman–Crippen LogP) is 2.64. The number of carbonyl (C=O) groups is 1. The van der Waals surface area contributed by atoms with Crippen molar-refractivity contribution in [3.05, 3.63) is 71.8 Å². The number of hydrogen-bond acceptors (Lipinski definition) is 4. The summed E-state index contributed by atoms with van der Waals surface area (Å²) in [6, 6.07) is 16.4. The lowest BCUT2D eigenvalue weighted by Gasteiger charge is -2.27. The topological polar surface area (TPSA) is 66.9 Å². The fourth-order valence-corrected chi connectivity index (χ4v) is 5.06. The second kappa shape index (κ2) is 8.49. The van der Waals surface area contributed by atoms with E-state index in [1.807, 2.05) is 18.2 Å². The fraction of sp³-hybridized carbons (Fsp3) is 0.318. The number of benzene rings is 2. The standard InChI is InChI=1S/C22H24N2O4S/c25-22(23-12-10-19(11-13-23)18-4-2-1-3-5-18)20-6-8-21(9-7-20)29(26,27)24-14-16-28-17-15-24/h1-10H,11-17H2. The van der Waals surface area contributed by atoms with Crippen molar-refractivity contribution in [3.8, 4) is 0 Å². The van der Waals surface area contributed by atoms with Crippen LogP contribution in [-0.4, -0.2) is 62.9 Å². The van der Waals surface area contributed by atoms with Crippen molar-refractivity contribution in [2.75, 3.05) is 39.4 Å². The van der Waals surface area contributed by atoms with Crippen molar-refractivity contribution < 1.29 is 17.9 Å². The van der Waals surface area contributed by atoms with E-state index in [1.165, 1.54) is 27.6 Å². The molecule has 0 unspecified atom stereocenters. The van der Waals surface area contributed by atoms with Crippen LogP contribution in [0.15, 0.2) is 65.6 Å². The first kappa shape index (κ1) is 19.8. The highest BCUT2D eigenvalue weighted by atomic mass is 32.2. The van der Waals surface area contributed by atoms with Crippen LogP contribution in [0.1, 0.15) is 22.3 Å². The average molecular weight is 413 g/mol. The molecular weight excluding hydrogens is 388 g/mol. The van der Waals surface area contributed by atoms with Gasteiger partial charge in [0.1, 0.15) is 0 Å². The lowest BCUT2D eigenvalue weighted by Crippen LogP contribution is -2.40. The Labute approximate surface area is 171 Å². The van der Waals surface area contributed by atoms with Crippen molar-refractivity contribution in [3.63, 3.8) is 0 Å². The van der Waals surface area contributed by atoms with E-state index < -0.39 is 10.0 Å². The van der Waals surface area contributed by atoms with Gasteiger partial charge in [0.05, 0.1) is 18.1 Å². The van der Waals surface area contributed by atoms with Crippen molar-refractivity contribution in [1.82, 2.24) is 9.21 Å². The minimum Gasteiger partial charge on any atom is -0.379 e. The molecule has 4 rings (SSSR count). The number of ether oxygens (including phenoxy) is 1. The molecule has 2 aromatic carbocycles. The molecule has 2 aromatic rings. The maximum absolute atomic E-state index is 12.8. The van der Waals surface area contributed by atoms with Gasteiger partial charge in [0.2, 0.25) is 10.0 Å². The van der Waals surface area contributed by atoms with Crippen LogP contribution in [0.2, 0.25) is 0 Å². The smallest absolute Gasteiger partial charge is 0.254 e. The van der Waals surface area contributed by atoms with Gasteiger partial charge in [-0.3, -0.25) is 4.79 Å². The molecule has 7 heteroatoms. The maximum Gasteiger partial charge on any atom is 0.254 e. The third-order valence-corrected chi connectivity index (χ3v) is 7.26. The van der Waals surface area contributed by atoms with Crippen LogP contribution in [0.4, 0.5) is 0 Å². The number of morpholine rings is 1. The highest BCUT2D eigenvalue weighted by Crippen LogP contribution is 2.24. The van der Waals surface area contributed by atoms with Gasteiger partial charge in [0.15, 0.2) is 0 Å². The van der Waals surface area contributed by atoms with Crippen molar-refractivity contribution in [2.24, 2.45) is 0 Å². The van der Waals surface area contributed by atoms with Gasteiger partial charge in [-0.25, -0.2) is 8.42 Å². The van der Waals surface area contributed by atoms with E-state index in [0.717, 1.165) is 6.42 Å². The Morgan fingerprint density at radius 1 is 0.897 bits per heavy atom. The van der Waals surface area contributed by atoms with Crippen LogP contribution in [0.25, 0.3) is 5.57 Å². The summed E-state index contributed by atoms with van der Waals surface area (Å²) in [6.45, 7) is 2.72. The Morgan fingerprint density at radius 2 is 1.59 bits per heavy atom. The normalized spacial score (nSPS) is 18.3. The summed E-state index contributed by atoms with van der Waals surface area (Å²) in [4.78, 5) is 14.8. The molecule has 1 fully saturated rings. The number of amides is 1. The third kappa shape index (κ3) is 4.27. The lowest BCUT2D eigenvalue weighted by atomic mass is 9.99. The van der Waals surface area contributed by atoms with Gasteiger partial charge in [-0.15, -0.1) is 0 Å². The van der Waals surface area contributed by atoms with Gasteiger partial charge < -0.3 is 9.64 Å². The Morgan fingerprint density at radius 3 is 2.21 bits per heavy atom. The highest BCUT2D eigenvalue weighted by molar-refractivity contribution is 7.89. The van der Waals surface area contributed by atoms with Crippen LogP contribution in [-0.2, 0) is 14.8 Å². The van der Waals surface area contributed by atoms with Gasteiger partial charge in [-0.1, -0.05) is 36.4 Å². The Hall–Kier alpha value is -2.48. The molecule has 0 saturated carbocycles. The number of hydrogen-bond donors (Lipinski definition) is 0. The molecule has 0 aliphatic carbocycles. The summed E-state index contributed by atoms with van der Waals surface area (Å²) in [7, 11) is -3.55. The van der Waals surface area contributed by atoms with Crippen molar-refractivity contribution >= 4 is 21.5 Å². The van der Waals surface area contributed by atoms with Crippen molar-refractivity contribution in [2.45, 2.75) is 11.3 Å². The van der Waals surface area contributed by atoms with Gasteiger partial charge in [0.25, 0.3) is 5.91 Å². The van der Waals surface area contributed by atoms with Gasteiger partial charge in [-0.05, 0) is 41.8 Å². The number of rotatable bonds is 4. The molecule has 0 spiro atoms. The molecule has 2 heterocycles. The molecular formula is C22H24N2O4S. The SMILES string of the molecule is O=C(c1ccc(S(=O)(=O)N2CCOCC2)cc1)N1CC=C(c2ccccc2)CC1. The zero-order chi connectivity index (χ0) is 20.3. The van der Waals surface area contributed by atoms with Gasteiger partial charge in [0, 0.05) is 31.7 Å². The fourth-order valence-electron chi connectivity index (χ4n) is 3.66. The molecule has 152 valence electrons. The van der Waals surface area contributed by atoms with Gasteiger partial charge in [-0.2, -0.15) is 4.31 Å². The summed E-state index contributed by atoms with van der Waals surface area (Å²) in [5, 5.41) is 0. The summed E-state index contributed by atoms with van der Waals surface area (Å²) in [5.41, 5.74) is 2.95. The molecule has 29 heavy (non-hydrogen) atoms. The minimum atomic E-state index is -3.55. The zero-order valence-electron chi connectivity index (χ0n) is 16.2. The largest absolute Gasteiger partial charge is 0.379 e. The van der Waals surface area contributed by atoms with Crippen LogP contribution < -0.4 is 0 Å². The number of carbonyl (C=O) groups excluding carboxylic acids is 1. The highest BCUT2D eigenvalue weighted by Gasteiger charge is 2.27. The molecule has 0 aromatic heterocycles. The number of nitrogens with zero attached hydrogens (tertiary/aromatic N) is 2. The summed E-state index contributed by atoms with van der Waals surface area (Å²) in [5.74, 6) is -0.0799. The first-order chi connectivity index (χ1) is 14.1. The van der Waals surface area contributed by atoms with E-state index in [1.54, 1.807) is 17.0 Å². The van der Waals surface area contributed by atoms with Crippen LogP contribution >= 0.6 is 0 Å². The maximum atomic E-state index is 12.8. The monoisotopic (exact) mass is 412 g/mol. The molecule has 6 nitrogen and oxygen atoms in total. The Kier molecular flexibility index (Phi) is 5.80. The molecule has 0 atom stereocenters. The number of sulfonamides is 1. The Bertz CT molecular complexity index is 995. The molecule has 2 aliphatic rings. The molecule has 1 amide bonds. The van der Waals surface area contributed by atoms with E-state index in [4.69, 9.17) is 4.74 Å². The van der Waals surface area contributed by atoms with Gasteiger partial charge >= 0.3 is 0 Å². The lowest BCUT2D eigenvalue weighted by molar-refractivity contribution is 0.0730. The van der Waals surface area contributed by atoms with E-state index in [2.05, 4.69) is 18.2 Å². The van der Waals surface area contributed by atoms with E-state index in [-0.39, 0.29) is 10.8 Å². The van der Waals surface area contributed by atoms with E-state index in [0.29, 0.717) is 45.0 Å².